The van der Waals surface area contributed by atoms with Crippen LogP contribution < -0.4 is 21.3 Å². The first kappa shape index (κ1) is 31.1. The number of pyridine rings is 1. The zero-order chi connectivity index (χ0) is 29.2. The first-order chi connectivity index (χ1) is 19.4. The Balaban J connectivity index is 0.00000178. The quantitative estimate of drug-likeness (QED) is 0.239. The van der Waals surface area contributed by atoms with Crippen molar-refractivity contribution in [2.24, 2.45) is 0 Å². The number of amides is 2. The molecule has 0 aliphatic heterocycles. The fourth-order valence-electron chi connectivity index (χ4n) is 3.49. The number of carbonyl (C=O) groups excluding carboxylic acids is 3. The van der Waals surface area contributed by atoms with Crippen LogP contribution in [-0.2, 0) is 20.9 Å². The van der Waals surface area contributed by atoms with E-state index in [2.05, 4.69) is 32.8 Å². The van der Waals surface area contributed by atoms with Gasteiger partial charge in [0.05, 0.1) is 49.7 Å². The van der Waals surface area contributed by atoms with Crippen molar-refractivity contribution in [3.63, 3.8) is 0 Å². The second-order valence-electron chi connectivity index (χ2n) is 8.31. The molecule has 208 valence electrons. The van der Waals surface area contributed by atoms with Gasteiger partial charge in [-0.25, -0.2) is 0 Å². The van der Waals surface area contributed by atoms with E-state index in [0.29, 0.717) is 23.6 Å². The second-order valence-corrected chi connectivity index (χ2v) is 8.31. The van der Waals surface area contributed by atoms with Gasteiger partial charge in [-0.1, -0.05) is 49.0 Å². The number of nitrogens with zero attached hydrogens (tertiary/aromatic N) is 2. The highest BCUT2D eigenvalue weighted by Crippen LogP contribution is 2.17. The standard InChI is InChI=1S/C28H31N5O4.C2H3N/c1-3-37-27(35)17-25(21-10-5-4-6-11-21)33-26(34)19-31-28(36)22-12-9-14-23(16-22)32-20(2)30-18-24-13-7-8-15-29-24;1-2-3/h4-16,25,30,32H,2-3,17-19H2,1H3,(H,31,36)(H,33,34);1H3. The minimum absolute atomic E-state index is 0.0104. The number of rotatable bonds is 13. The third-order valence-corrected chi connectivity index (χ3v) is 5.25. The SMILES string of the molecule is C=C(NCc1ccccn1)Nc1cccc(C(=O)NCC(=O)NC(CC(=O)OCC)c2ccccc2)c1.CC#N. The lowest BCUT2D eigenvalue weighted by molar-refractivity contribution is -0.143. The minimum atomic E-state index is -0.568. The van der Waals surface area contributed by atoms with Crippen molar-refractivity contribution >= 4 is 23.5 Å². The second kappa shape index (κ2) is 17.4. The first-order valence-electron chi connectivity index (χ1n) is 12.6. The van der Waals surface area contributed by atoms with Crippen LogP contribution >= 0.6 is 0 Å². The fourth-order valence-corrected chi connectivity index (χ4v) is 3.49. The van der Waals surface area contributed by atoms with Gasteiger partial charge in [-0.05, 0) is 42.8 Å². The predicted molar refractivity (Wildman–Crippen MR) is 152 cm³/mol. The average molecular weight is 543 g/mol. The summed E-state index contributed by atoms with van der Waals surface area (Å²) in [5, 5.41) is 19.0. The van der Waals surface area contributed by atoms with Crippen LogP contribution in [0.25, 0.3) is 0 Å². The number of carbonyl (C=O) groups is 3. The Labute approximate surface area is 234 Å². The van der Waals surface area contributed by atoms with Crippen LogP contribution in [0.4, 0.5) is 5.69 Å². The maximum absolute atomic E-state index is 12.7. The van der Waals surface area contributed by atoms with E-state index in [0.717, 1.165) is 11.3 Å². The molecule has 0 saturated heterocycles. The lowest BCUT2D eigenvalue weighted by atomic mass is 10.0. The monoisotopic (exact) mass is 542 g/mol. The average Bonchev–Trinajstić information content (AvgIpc) is 2.96. The van der Waals surface area contributed by atoms with Crippen molar-refractivity contribution < 1.29 is 19.1 Å². The molecule has 0 radical (unpaired) electrons. The van der Waals surface area contributed by atoms with E-state index in [-0.39, 0.29) is 19.6 Å². The van der Waals surface area contributed by atoms with Crippen molar-refractivity contribution in [3.05, 3.63) is 108 Å². The van der Waals surface area contributed by atoms with Crippen LogP contribution in [0.15, 0.2) is 91.4 Å². The topological polar surface area (TPSA) is 145 Å². The molecule has 0 spiro atoms. The van der Waals surface area contributed by atoms with Crippen LogP contribution in [0.3, 0.4) is 0 Å². The van der Waals surface area contributed by atoms with Gasteiger partial charge in [-0.15, -0.1) is 0 Å². The molecule has 2 aromatic carbocycles. The lowest BCUT2D eigenvalue weighted by Gasteiger charge is -2.19. The van der Waals surface area contributed by atoms with Gasteiger partial charge in [0, 0.05) is 24.4 Å². The fraction of sp³-hybridized carbons (Fsp3) is 0.233. The summed E-state index contributed by atoms with van der Waals surface area (Å²) < 4.78 is 5.03. The molecular formula is C30H34N6O4. The highest BCUT2D eigenvalue weighted by molar-refractivity contribution is 5.97. The number of esters is 1. The minimum Gasteiger partial charge on any atom is -0.466 e. The Hall–Kier alpha value is -5.17. The molecule has 0 aliphatic carbocycles. The largest absolute Gasteiger partial charge is 0.466 e. The third kappa shape index (κ3) is 11.5. The molecule has 2 amide bonds. The van der Waals surface area contributed by atoms with E-state index in [1.165, 1.54) is 6.92 Å². The molecule has 1 atom stereocenters. The van der Waals surface area contributed by atoms with Crippen molar-refractivity contribution in [2.45, 2.75) is 32.9 Å². The molecular weight excluding hydrogens is 508 g/mol. The molecule has 10 heteroatoms. The molecule has 4 N–H and O–H groups in total. The highest BCUT2D eigenvalue weighted by atomic mass is 16.5. The third-order valence-electron chi connectivity index (χ3n) is 5.25. The Kier molecular flexibility index (Phi) is 13.5. The Morgan fingerprint density at radius 2 is 1.75 bits per heavy atom. The van der Waals surface area contributed by atoms with E-state index >= 15 is 0 Å². The van der Waals surface area contributed by atoms with Gasteiger partial charge in [0.15, 0.2) is 0 Å². The molecule has 3 aromatic rings. The number of aromatic nitrogens is 1. The Bertz CT molecular complexity index is 1290. The summed E-state index contributed by atoms with van der Waals surface area (Å²) in [5.74, 6) is -0.697. The van der Waals surface area contributed by atoms with Gasteiger partial charge in [0.1, 0.15) is 0 Å². The van der Waals surface area contributed by atoms with E-state index < -0.39 is 23.8 Å². The molecule has 0 bridgehead atoms. The maximum atomic E-state index is 12.7. The van der Waals surface area contributed by atoms with Crippen LogP contribution in [0.2, 0.25) is 0 Å². The molecule has 0 saturated carbocycles. The molecule has 0 fully saturated rings. The Morgan fingerprint density at radius 1 is 1.02 bits per heavy atom. The van der Waals surface area contributed by atoms with Crippen molar-refractivity contribution in [1.82, 2.24) is 20.9 Å². The maximum Gasteiger partial charge on any atom is 0.308 e. The first-order valence-corrected chi connectivity index (χ1v) is 12.6. The van der Waals surface area contributed by atoms with Gasteiger partial charge in [-0.3, -0.25) is 19.4 Å². The van der Waals surface area contributed by atoms with Crippen molar-refractivity contribution in [3.8, 4) is 6.07 Å². The number of anilines is 1. The van der Waals surface area contributed by atoms with Gasteiger partial charge in [0.25, 0.3) is 5.91 Å². The van der Waals surface area contributed by atoms with Gasteiger partial charge >= 0.3 is 5.97 Å². The van der Waals surface area contributed by atoms with E-state index in [9.17, 15) is 14.4 Å². The van der Waals surface area contributed by atoms with E-state index in [1.807, 2.05) is 48.5 Å². The van der Waals surface area contributed by atoms with Gasteiger partial charge < -0.3 is 26.0 Å². The summed E-state index contributed by atoms with van der Waals surface area (Å²) in [6.45, 7) is 7.61. The summed E-state index contributed by atoms with van der Waals surface area (Å²) in [6, 6.07) is 22.8. The molecule has 0 aliphatic rings. The molecule has 10 nitrogen and oxygen atoms in total. The zero-order valence-corrected chi connectivity index (χ0v) is 22.6. The number of nitriles is 1. The lowest BCUT2D eigenvalue weighted by Crippen LogP contribution is -2.39. The summed E-state index contributed by atoms with van der Waals surface area (Å²) in [6.07, 6.45) is 1.71. The molecule has 40 heavy (non-hydrogen) atoms. The predicted octanol–water partition coefficient (Wildman–Crippen LogP) is 3.82. The van der Waals surface area contributed by atoms with Crippen LogP contribution in [0, 0.1) is 11.3 Å². The number of hydrogen-bond donors (Lipinski definition) is 4. The van der Waals surface area contributed by atoms with E-state index in [4.69, 9.17) is 10.00 Å². The molecule has 1 heterocycles. The molecule has 1 aromatic heterocycles. The van der Waals surface area contributed by atoms with Crippen LogP contribution in [-0.4, -0.2) is 35.9 Å². The van der Waals surface area contributed by atoms with E-state index in [1.54, 1.807) is 43.5 Å². The van der Waals surface area contributed by atoms with Gasteiger partial charge in [-0.2, -0.15) is 5.26 Å². The normalized spacial score (nSPS) is 10.4. The molecule has 1 unspecified atom stereocenters. The smallest absolute Gasteiger partial charge is 0.308 e. The van der Waals surface area contributed by atoms with Crippen LogP contribution in [0.1, 0.15) is 47.9 Å². The zero-order valence-electron chi connectivity index (χ0n) is 22.6. The number of nitrogens with one attached hydrogen (secondary N) is 4. The molecule has 3 rings (SSSR count). The highest BCUT2D eigenvalue weighted by Gasteiger charge is 2.19. The summed E-state index contributed by atoms with van der Waals surface area (Å²) in [5.41, 5.74) is 2.68. The summed E-state index contributed by atoms with van der Waals surface area (Å²) >= 11 is 0. The number of hydrogen-bond acceptors (Lipinski definition) is 8. The van der Waals surface area contributed by atoms with Crippen LogP contribution in [0.5, 0.6) is 0 Å². The van der Waals surface area contributed by atoms with Gasteiger partial charge in [0.2, 0.25) is 5.91 Å². The number of ether oxygens (including phenoxy) is 1. The summed E-state index contributed by atoms with van der Waals surface area (Å²) in [7, 11) is 0. The van der Waals surface area contributed by atoms with Crippen molar-refractivity contribution in [2.75, 3.05) is 18.5 Å². The Morgan fingerprint density at radius 3 is 2.42 bits per heavy atom. The summed E-state index contributed by atoms with van der Waals surface area (Å²) in [4.78, 5) is 41.5. The van der Waals surface area contributed by atoms with Crippen molar-refractivity contribution in [1.29, 1.82) is 5.26 Å². The number of benzene rings is 2.